The molecule has 1 heterocycles. The van der Waals surface area contributed by atoms with Gasteiger partial charge in [0.05, 0.1) is 35.4 Å². The van der Waals surface area contributed by atoms with E-state index in [2.05, 4.69) is 15.6 Å². The number of carbonyl (C=O) groups excluding carboxylic acids is 1. The van der Waals surface area contributed by atoms with Crippen molar-refractivity contribution >= 4 is 17.3 Å². The van der Waals surface area contributed by atoms with Crippen molar-refractivity contribution < 1.29 is 18.0 Å². The van der Waals surface area contributed by atoms with Gasteiger partial charge in [0.25, 0.3) is 0 Å². The first-order valence-corrected chi connectivity index (χ1v) is 8.11. The van der Waals surface area contributed by atoms with Crippen molar-refractivity contribution in [3.05, 3.63) is 59.1 Å². The highest BCUT2D eigenvalue weighted by atomic mass is 19.4. The number of rotatable bonds is 5. The predicted octanol–water partition coefficient (Wildman–Crippen LogP) is 4.35. The van der Waals surface area contributed by atoms with Crippen molar-refractivity contribution in [1.29, 1.82) is 0 Å². The van der Waals surface area contributed by atoms with Crippen LogP contribution < -0.4 is 10.6 Å². The van der Waals surface area contributed by atoms with Gasteiger partial charge in [-0.1, -0.05) is 25.0 Å². The van der Waals surface area contributed by atoms with Gasteiger partial charge in [-0.15, -0.1) is 0 Å². The molecule has 0 saturated heterocycles. The van der Waals surface area contributed by atoms with E-state index in [1.165, 1.54) is 12.3 Å². The number of alkyl halides is 3. The van der Waals surface area contributed by atoms with Crippen molar-refractivity contribution in [2.75, 3.05) is 5.32 Å². The highest BCUT2D eigenvalue weighted by molar-refractivity contribution is 5.90. The lowest BCUT2D eigenvalue weighted by atomic mass is 10.1. The van der Waals surface area contributed by atoms with E-state index in [1.807, 2.05) is 0 Å². The van der Waals surface area contributed by atoms with E-state index in [-0.39, 0.29) is 18.1 Å². The third-order valence-electron chi connectivity index (χ3n) is 4.29. The minimum absolute atomic E-state index is 0.00673. The Balaban J connectivity index is 1.69. The first kappa shape index (κ1) is 18.2. The molecule has 0 unspecified atom stereocenters. The minimum Gasteiger partial charge on any atom is -0.664 e. The van der Waals surface area contributed by atoms with Gasteiger partial charge >= 0.3 is 6.18 Å². The van der Waals surface area contributed by atoms with Crippen molar-refractivity contribution in [2.24, 2.45) is 0 Å². The lowest BCUT2D eigenvalue weighted by Crippen LogP contribution is -2.33. The molecule has 1 aromatic carbocycles. The Kier molecular flexibility index (Phi) is 4.62. The van der Waals surface area contributed by atoms with Crippen LogP contribution in [0.25, 0.3) is 5.73 Å². The molecule has 0 bridgehead atoms. The smallest absolute Gasteiger partial charge is 0.418 e. The second-order valence-corrected chi connectivity index (χ2v) is 6.42. The summed E-state index contributed by atoms with van der Waals surface area (Å²) in [4.78, 5) is 15.9. The van der Waals surface area contributed by atoms with Crippen LogP contribution in [0.15, 0.2) is 36.5 Å². The molecule has 1 saturated carbocycles. The van der Waals surface area contributed by atoms with Crippen molar-refractivity contribution in [1.82, 2.24) is 10.3 Å². The predicted molar refractivity (Wildman–Crippen MR) is 91.8 cm³/mol. The zero-order chi connectivity index (χ0) is 18.9. The number of carbonyl (C=O) groups is 1. The molecule has 26 heavy (non-hydrogen) atoms. The van der Waals surface area contributed by atoms with Gasteiger partial charge in [-0.25, -0.2) is 0 Å². The summed E-state index contributed by atoms with van der Waals surface area (Å²) in [5, 5.41) is 5.42. The first-order chi connectivity index (χ1) is 12.2. The molecule has 1 aromatic heterocycles. The fraction of sp³-hybridized carbons (Fsp3) is 0.333. The van der Waals surface area contributed by atoms with E-state index >= 15 is 0 Å². The third-order valence-corrected chi connectivity index (χ3v) is 4.29. The maximum absolute atomic E-state index is 13.2. The van der Waals surface area contributed by atoms with Gasteiger partial charge < -0.3 is 16.4 Å². The Bertz CT molecular complexity index is 814. The summed E-state index contributed by atoms with van der Waals surface area (Å²) >= 11 is 0. The van der Waals surface area contributed by atoms with Crippen LogP contribution in [0.4, 0.5) is 24.5 Å². The van der Waals surface area contributed by atoms with Gasteiger partial charge in [0, 0.05) is 0 Å². The van der Waals surface area contributed by atoms with E-state index in [1.54, 1.807) is 25.1 Å². The van der Waals surface area contributed by atoms with Gasteiger partial charge in [-0.05, 0) is 36.2 Å². The van der Waals surface area contributed by atoms with Gasteiger partial charge in [-0.2, -0.15) is 13.2 Å². The summed E-state index contributed by atoms with van der Waals surface area (Å²) in [6, 6.07) is 7.23. The summed E-state index contributed by atoms with van der Waals surface area (Å²) in [6.45, 7) is 1.78. The molecule has 0 radical (unpaired) electrons. The monoisotopic (exact) mass is 363 g/mol. The molecular weight excluding hydrogens is 345 g/mol. The summed E-state index contributed by atoms with van der Waals surface area (Å²) in [5.74, 6) is -0.323. The number of benzene rings is 1. The molecule has 1 amide bonds. The highest BCUT2D eigenvalue weighted by Gasteiger charge is 2.37. The number of para-hydroxylation sites is 1. The lowest BCUT2D eigenvalue weighted by molar-refractivity contribution is -0.137. The van der Waals surface area contributed by atoms with Crippen molar-refractivity contribution in [2.45, 2.75) is 38.0 Å². The van der Waals surface area contributed by atoms with Crippen molar-refractivity contribution in [3.8, 4) is 0 Å². The molecule has 1 aliphatic carbocycles. The van der Waals surface area contributed by atoms with Gasteiger partial charge in [-0.3, -0.25) is 9.78 Å². The van der Waals surface area contributed by atoms with E-state index in [4.69, 9.17) is 5.73 Å². The largest absolute Gasteiger partial charge is 0.664 e. The molecule has 1 fully saturated rings. The molecule has 0 spiro atoms. The topological polar surface area (TPSA) is 77.8 Å². The van der Waals surface area contributed by atoms with Gasteiger partial charge in [0.15, 0.2) is 0 Å². The number of aryl methyl sites for hydroxylation is 1. The van der Waals surface area contributed by atoms with E-state index in [9.17, 15) is 18.0 Å². The van der Waals surface area contributed by atoms with Crippen LogP contribution in [0.5, 0.6) is 0 Å². The van der Waals surface area contributed by atoms with Gasteiger partial charge in [0.1, 0.15) is 0 Å². The number of halogens is 3. The molecule has 3 rings (SSSR count). The second kappa shape index (κ2) is 6.60. The number of aromatic nitrogens is 1. The number of nitrogens with one attached hydrogen (secondary N) is 3. The molecule has 1 aliphatic rings. The average molecular weight is 363 g/mol. The van der Waals surface area contributed by atoms with Crippen LogP contribution in [0.1, 0.15) is 29.7 Å². The minimum atomic E-state index is -4.46. The van der Waals surface area contributed by atoms with Crippen LogP contribution in [-0.2, 0) is 17.5 Å². The fourth-order valence-electron chi connectivity index (χ4n) is 2.51. The number of nitrogens with zero attached hydrogens (tertiary/aromatic N) is 1. The zero-order valence-corrected chi connectivity index (χ0v) is 14.1. The first-order valence-electron chi connectivity index (χ1n) is 8.11. The number of anilines is 2. The molecule has 2 aromatic rings. The number of pyridine rings is 1. The third kappa shape index (κ3) is 3.96. The summed E-state index contributed by atoms with van der Waals surface area (Å²) in [5.41, 5.74) is 7.44. The van der Waals surface area contributed by atoms with Crippen LogP contribution in [0, 0.1) is 6.92 Å². The summed E-state index contributed by atoms with van der Waals surface area (Å²) in [6.07, 6.45) is -1.91. The van der Waals surface area contributed by atoms with Crippen LogP contribution in [0.3, 0.4) is 0 Å². The highest BCUT2D eigenvalue weighted by Crippen LogP contribution is 2.39. The number of amides is 1. The quantitative estimate of drug-likeness (QED) is 0.829. The maximum atomic E-state index is 13.2. The lowest BCUT2D eigenvalue weighted by Gasteiger charge is -2.18. The van der Waals surface area contributed by atoms with E-state index < -0.39 is 17.3 Å². The Morgan fingerprint density at radius 2 is 2.00 bits per heavy atom. The molecule has 3 N–H and O–H groups in total. The standard InChI is InChI=1S/C18H18F3N4O/c1-11-3-2-4-14(18(19,20)21)15(11)25-13-6-5-12(23-10-13)9-24-16(26)17(22)7-8-17/h2-6,10,22,25H,7-9H2,1H3,(H,24,26)/q-1. The molecule has 0 atom stereocenters. The van der Waals surface area contributed by atoms with Crippen LogP contribution >= 0.6 is 0 Å². The van der Waals surface area contributed by atoms with E-state index in [0.29, 0.717) is 29.8 Å². The number of hydrogen-bond donors (Lipinski definition) is 2. The SMILES string of the molecule is Cc1cccc(C(F)(F)F)c1Nc1ccc(CNC(=O)C2([NH-])CC2)nc1. The molecule has 8 heteroatoms. The Hall–Kier alpha value is -2.61. The van der Waals surface area contributed by atoms with Crippen LogP contribution in [-0.4, -0.2) is 16.4 Å². The molecule has 5 nitrogen and oxygen atoms in total. The number of hydrogen-bond acceptors (Lipinski definition) is 3. The fourth-order valence-corrected chi connectivity index (χ4v) is 2.51. The maximum Gasteiger partial charge on any atom is 0.418 e. The normalized spacial score (nSPS) is 15.4. The molecule has 0 aliphatic heterocycles. The van der Waals surface area contributed by atoms with Crippen molar-refractivity contribution in [3.63, 3.8) is 0 Å². The van der Waals surface area contributed by atoms with E-state index in [0.717, 1.165) is 6.07 Å². The Morgan fingerprint density at radius 3 is 2.58 bits per heavy atom. The molecule has 138 valence electrons. The zero-order valence-electron chi connectivity index (χ0n) is 14.1. The summed E-state index contributed by atoms with van der Waals surface area (Å²) < 4.78 is 39.5. The van der Waals surface area contributed by atoms with Crippen LogP contribution in [0.2, 0.25) is 0 Å². The Labute approximate surface area is 148 Å². The average Bonchev–Trinajstić information content (AvgIpc) is 3.33. The van der Waals surface area contributed by atoms with Gasteiger partial charge in [0.2, 0.25) is 5.91 Å². The Morgan fingerprint density at radius 1 is 1.27 bits per heavy atom. The second-order valence-electron chi connectivity index (χ2n) is 6.42. The molecular formula is C18H18F3N4O-. The summed E-state index contributed by atoms with van der Waals surface area (Å²) in [7, 11) is 0.